The largest absolute Gasteiger partial charge is 0.511 e. The van der Waals surface area contributed by atoms with E-state index in [9.17, 15) is 24.3 Å². The molecule has 1 atom stereocenters. The number of aliphatic hydroxyl groups is 1. The van der Waals surface area contributed by atoms with Crippen molar-refractivity contribution < 1.29 is 33.8 Å². The Hall–Kier alpha value is -6.03. The first-order valence-electron chi connectivity index (χ1n) is 19.4. The predicted octanol–water partition coefficient (Wildman–Crippen LogP) is 8.96. The lowest BCUT2D eigenvalue weighted by molar-refractivity contribution is -0.134. The van der Waals surface area contributed by atoms with Crippen molar-refractivity contribution in [3.63, 3.8) is 0 Å². The minimum absolute atomic E-state index is 0.0231. The van der Waals surface area contributed by atoms with E-state index in [4.69, 9.17) is 14.5 Å². The van der Waals surface area contributed by atoms with Crippen LogP contribution in [-0.4, -0.2) is 53.8 Å². The quantitative estimate of drug-likeness (QED) is 0.0700. The highest BCUT2D eigenvalue weighted by atomic mass is 16.5. The molecular weight excluding hydrogens is 719 g/mol. The van der Waals surface area contributed by atoms with Gasteiger partial charge in [0.25, 0.3) is 0 Å². The van der Waals surface area contributed by atoms with Gasteiger partial charge in [-0.1, -0.05) is 113 Å². The molecule has 2 aliphatic carbocycles. The van der Waals surface area contributed by atoms with Crippen LogP contribution in [0.5, 0.6) is 5.75 Å². The van der Waals surface area contributed by atoms with Crippen LogP contribution < -0.4 is 15.4 Å². The Balaban J connectivity index is 1.01. The number of carbonyl (C=O) groups is 4. The summed E-state index contributed by atoms with van der Waals surface area (Å²) in [4.78, 5) is 56.8. The van der Waals surface area contributed by atoms with Gasteiger partial charge < -0.3 is 25.2 Å². The Morgan fingerprint density at radius 1 is 0.860 bits per heavy atom. The predicted molar refractivity (Wildman–Crippen MR) is 221 cm³/mol. The van der Waals surface area contributed by atoms with Crippen molar-refractivity contribution in [3.05, 3.63) is 131 Å². The van der Waals surface area contributed by atoms with Crippen molar-refractivity contribution in [3.8, 4) is 16.9 Å². The van der Waals surface area contributed by atoms with Gasteiger partial charge in [-0.3, -0.25) is 19.4 Å². The number of amides is 2. The molecule has 0 fully saturated rings. The van der Waals surface area contributed by atoms with Gasteiger partial charge in [0.1, 0.15) is 18.1 Å². The zero-order chi connectivity index (χ0) is 40.7. The maximum Gasteiger partial charge on any atom is 0.407 e. The molecule has 0 radical (unpaired) electrons. The topological polar surface area (TPSA) is 143 Å². The smallest absolute Gasteiger partial charge is 0.407 e. The first-order chi connectivity index (χ1) is 27.2. The fourth-order valence-electron chi connectivity index (χ4n) is 7.54. The summed E-state index contributed by atoms with van der Waals surface area (Å²) in [6.45, 7) is 9.94. The lowest BCUT2D eigenvalue weighted by Crippen LogP contribution is -2.41. The van der Waals surface area contributed by atoms with Crippen LogP contribution in [0.3, 0.4) is 0 Å². The number of fused-ring (bicyclic) bond motifs is 3. The second kappa shape index (κ2) is 17.4. The lowest BCUT2D eigenvalue weighted by atomic mass is 9.72. The van der Waals surface area contributed by atoms with E-state index < -0.39 is 23.5 Å². The summed E-state index contributed by atoms with van der Waals surface area (Å²) in [6, 6.07) is 31.8. The molecule has 0 unspecified atom stereocenters. The van der Waals surface area contributed by atoms with Gasteiger partial charge >= 0.3 is 12.1 Å². The molecule has 6 rings (SSSR count). The maximum absolute atomic E-state index is 13.2. The summed E-state index contributed by atoms with van der Waals surface area (Å²) >= 11 is 0. The molecule has 0 bridgehead atoms. The molecule has 0 saturated heterocycles. The summed E-state index contributed by atoms with van der Waals surface area (Å²) in [7, 11) is 0. The van der Waals surface area contributed by atoms with Crippen LogP contribution in [0.15, 0.2) is 119 Å². The van der Waals surface area contributed by atoms with Crippen molar-refractivity contribution in [2.45, 2.75) is 78.7 Å². The number of nitrogens with zero attached hydrogens (tertiary/aromatic N) is 1. The standard InChI is InChI=1S/C47H51N3O7/c1-46(2,3)44(43-39(51)27-47(4,5)28-40(43)52)49-31-19-21-33(22-20-31)57-42(54)23-24-48-41(53)26-32(25-30-13-7-6-8-14-30)50-45(55)56-29-38-36-17-11-9-15-34(36)35-16-10-12-18-37(35)38/h6-22,32,38,51H,23-29H2,1-5H3,(H,48,53)(H,50,55)/t32-/m1/s1. The van der Waals surface area contributed by atoms with Gasteiger partial charge in [-0.25, -0.2) is 4.79 Å². The number of esters is 1. The molecular formula is C47H51N3O7. The molecule has 10 nitrogen and oxygen atoms in total. The Morgan fingerprint density at radius 3 is 2.09 bits per heavy atom. The van der Waals surface area contributed by atoms with E-state index in [1.165, 1.54) is 0 Å². The normalized spacial score (nSPS) is 15.7. The van der Waals surface area contributed by atoms with E-state index in [0.29, 0.717) is 36.4 Å². The summed E-state index contributed by atoms with van der Waals surface area (Å²) < 4.78 is 11.3. The van der Waals surface area contributed by atoms with Crippen LogP contribution in [0, 0.1) is 10.8 Å². The molecule has 0 heterocycles. The number of aliphatic imine (C=N–C) groups is 1. The van der Waals surface area contributed by atoms with Crippen molar-refractivity contribution in [2.24, 2.45) is 15.8 Å². The van der Waals surface area contributed by atoms with Crippen LogP contribution in [0.1, 0.15) is 82.9 Å². The van der Waals surface area contributed by atoms with Gasteiger partial charge in [0.2, 0.25) is 5.91 Å². The third-order valence-corrected chi connectivity index (χ3v) is 10.2. The summed E-state index contributed by atoms with van der Waals surface area (Å²) in [5.74, 6) is -0.734. The van der Waals surface area contributed by atoms with Crippen LogP contribution in [0.2, 0.25) is 0 Å². The highest BCUT2D eigenvalue weighted by Gasteiger charge is 2.38. The second-order valence-corrected chi connectivity index (χ2v) is 16.6. The monoisotopic (exact) mass is 769 g/mol. The van der Waals surface area contributed by atoms with Crippen molar-refractivity contribution in [1.82, 2.24) is 10.6 Å². The number of nitrogens with one attached hydrogen (secondary N) is 2. The number of ketones is 1. The van der Waals surface area contributed by atoms with Gasteiger partial charge in [0.05, 0.1) is 23.4 Å². The van der Waals surface area contributed by atoms with Crippen LogP contribution >= 0.6 is 0 Å². The molecule has 4 aromatic rings. The lowest BCUT2D eigenvalue weighted by Gasteiger charge is -2.33. The molecule has 2 amide bonds. The number of benzene rings is 4. The minimum atomic E-state index is -0.609. The Kier molecular flexibility index (Phi) is 12.4. The molecule has 0 aliphatic heterocycles. The summed E-state index contributed by atoms with van der Waals surface area (Å²) in [6.07, 6.45) is 0.418. The van der Waals surface area contributed by atoms with Crippen LogP contribution in [-0.2, 0) is 25.5 Å². The number of allylic oxidation sites excluding steroid dienone is 2. The maximum atomic E-state index is 13.2. The molecule has 57 heavy (non-hydrogen) atoms. The third-order valence-electron chi connectivity index (χ3n) is 10.2. The van der Waals surface area contributed by atoms with Crippen LogP contribution in [0.25, 0.3) is 11.1 Å². The number of alkyl carbamates (subject to hydrolysis) is 1. The Bertz CT molecular complexity index is 2140. The fourth-order valence-corrected chi connectivity index (χ4v) is 7.54. The molecule has 4 aromatic carbocycles. The molecule has 0 aromatic heterocycles. The molecule has 296 valence electrons. The second-order valence-electron chi connectivity index (χ2n) is 16.6. The number of aliphatic hydroxyl groups excluding tert-OH is 1. The first kappa shape index (κ1) is 40.6. The highest BCUT2D eigenvalue weighted by molar-refractivity contribution is 6.25. The van der Waals surface area contributed by atoms with Gasteiger partial charge in [-0.15, -0.1) is 0 Å². The van der Waals surface area contributed by atoms with Crippen molar-refractivity contribution >= 4 is 35.2 Å². The van der Waals surface area contributed by atoms with E-state index in [1.807, 2.05) is 89.2 Å². The van der Waals surface area contributed by atoms with E-state index >= 15 is 0 Å². The van der Waals surface area contributed by atoms with Crippen molar-refractivity contribution in [2.75, 3.05) is 13.2 Å². The number of hydrogen-bond acceptors (Lipinski definition) is 8. The van der Waals surface area contributed by atoms with Gasteiger partial charge in [-0.05, 0) is 63.9 Å². The SMILES string of the molecule is CC1(C)CC(=O)C(C(=Nc2ccc(OC(=O)CCNC(=O)C[C@@H](Cc3ccccc3)NC(=O)OCC3c4ccccc4-c4ccccc43)cc2)C(C)(C)C)=C(O)C1. The number of hydrogen-bond donors (Lipinski definition) is 3. The molecule has 0 spiro atoms. The minimum Gasteiger partial charge on any atom is -0.511 e. The third kappa shape index (κ3) is 10.4. The fraction of sp³-hybridized carbons (Fsp3) is 0.340. The number of Topliss-reactive ketones (excluding diaryl/α,β-unsaturated/α-hetero) is 1. The average molecular weight is 770 g/mol. The summed E-state index contributed by atoms with van der Waals surface area (Å²) in [5.41, 5.74) is 5.92. The van der Waals surface area contributed by atoms with Gasteiger partial charge in [-0.2, -0.15) is 0 Å². The van der Waals surface area contributed by atoms with Crippen LogP contribution in [0.4, 0.5) is 10.5 Å². The number of ether oxygens (including phenoxy) is 2. The van der Waals surface area contributed by atoms with E-state index in [2.05, 4.69) is 34.9 Å². The molecule has 2 aliphatic rings. The van der Waals surface area contributed by atoms with Gasteiger partial charge in [0, 0.05) is 43.2 Å². The average Bonchev–Trinajstić information content (AvgIpc) is 3.47. The Morgan fingerprint density at radius 2 is 1.47 bits per heavy atom. The molecule has 10 heteroatoms. The van der Waals surface area contributed by atoms with Gasteiger partial charge in [0.15, 0.2) is 5.78 Å². The van der Waals surface area contributed by atoms with E-state index in [-0.39, 0.29) is 60.3 Å². The highest BCUT2D eigenvalue weighted by Crippen LogP contribution is 2.44. The molecule has 0 saturated carbocycles. The zero-order valence-electron chi connectivity index (χ0n) is 33.3. The number of rotatable bonds is 13. The zero-order valence-corrected chi connectivity index (χ0v) is 33.3. The molecule has 3 N–H and O–H groups in total. The Labute approximate surface area is 334 Å². The number of carbonyl (C=O) groups excluding carboxylic acids is 4. The first-order valence-corrected chi connectivity index (χ1v) is 19.4. The van der Waals surface area contributed by atoms with E-state index in [1.54, 1.807) is 24.3 Å². The van der Waals surface area contributed by atoms with Crippen molar-refractivity contribution in [1.29, 1.82) is 0 Å². The van der Waals surface area contributed by atoms with E-state index in [0.717, 1.165) is 27.8 Å². The summed E-state index contributed by atoms with van der Waals surface area (Å²) in [5, 5.41) is 16.5.